The van der Waals surface area contributed by atoms with Gasteiger partial charge in [-0.25, -0.2) is 4.98 Å². The summed E-state index contributed by atoms with van der Waals surface area (Å²) in [5.74, 6) is 1.00. The standard InChI is InChI=1S/C14H20N4S/c1-10-8-17-6-2-3-12(17)9-18(10)13-7-11(14(15)19)4-5-16-13/h4-5,7,10,12H,2-3,6,8-9H2,1H3,(H2,15,19). The predicted octanol–water partition coefficient (Wildman–Crippen LogP) is 1.39. The van der Waals surface area contributed by atoms with Crippen LogP contribution in [0.15, 0.2) is 18.3 Å². The minimum Gasteiger partial charge on any atom is -0.389 e. The Labute approximate surface area is 119 Å². The molecule has 2 aliphatic heterocycles. The lowest BCUT2D eigenvalue weighted by atomic mass is 10.1. The van der Waals surface area contributed by atoms with Crippen molar-refractivity contribution in [2.45, 2.75) is 31.8 Å². The Bertz CT molecular complexity index is 490. The van der Waals surface area contributed by atoms with Gasteiger partial charge in [0.05, 0.1) is 0 Å². The molecule has 2 N–H and O–H groups in total. The van der Waals surface area contributed by atoms with E-state index in [1.54, 1.807) is 6.20 Å². The number of rotatable bonds is 2. The molecule has 102 valence electrons. The number of fused-ring (bicyclic) bond motifs is 1. The summed E-state index contributed by atoms with van der Waals surface area (Å²) in [5.41, 5.74) is 6.61. The lowest BCUT2D eigenvalue weighted by Gasteiger charge is -2.43. The Morgan fingerprint density at radius 2 is 2.32 bits per heavy atom. The summed E-state index contributed by atoms with van der Waals surface area (Å²) in [4.78, 5) is 9.95. The van der Waals surface area contributed by atoms with Crippen LogP contribution in [-0.2, 0) is 0 Å². The van der Waals surface area contributed by atoms with Crippen molar-refractivity contribution in [3.05, 3.63) is 23.9 Å². The van der Waals surface area contributed by atoms with Crippen molar-refractivity contribution >= 4 is 23.0 Å². The largest absolute Gasteiger partial charge is 0.389 e. The molecule has 5 heteroatoms. The smallest absolute Gasteiger partial charge is 0.129 e. The van der Waals surface area contributed by atoms with Crippen molar-refractivity contribution in [2.75, 3.05) is 24.5 Å². The fourth-order valence-electron chi connectivity index (χ4n) is 3.24. The number of thiocarbonyl (C=S) groups is 1. The molecule has 0 spiro atoms. The summed E-state index contributed by atoms with van der Waals surface area (Å²) in [7, 11) is 0. The number of hydrogen-bond acceptors (Lipinski definition) is 4. The quantitative estimate of drug-likeness (QED) is 0.827. The fourth-order valence-corrected chi connectivity index (χ4v) is 3.36. The van der Waals surface area contributed by atoms with Gasteiger partial charge < -0.3 is 10.6 Å². The average molecular weight is 276 g/mol. The van der Waals surface area contributed by atoms with Crippen LogP contribution in [0, 0.1) is 0 Å². The van der Waals surface area contributed by atoms with E-state index in [1.165, 1.54) is 19.4 Å². The van der Waals surface area contributed by atoms with Crippen LogP contribution in [0.4, 0.5) is 5.82 Å². The normalized spacial score (nSPS) is 27.3. The van der Waals surface area contributed by atoms with Crippen LogP contribution in [0.2, 0.25) is 0 Å². The van der Waals surface area contributed by atoms with E-state index in [0.29, 0.717) is 17.1 Å². The molecule has 3 rings (SSSR count). The van der Waals surface area contributed by atoms with E-state index in [4.69, 9.17) is 18.0 Å². The van der Waals surface area contributed by atoms with Crippen LogP contribution in [0.25, 0.3) is 0 Å². The van der Waals surface area contributed by atoms with Gasteiger partial charge in [-0.2, -0.15) is 0 Å². The lowest BCUT2D eigenvalue weighted by molar-refractivity contribution is 0.202. The molecule has 4 nitrogen and oxygen atoms in total. The first-order valence-corrected chi connectivity index (χ1v) is 7.32. The van der Waals surface area contributed by atoms with Crippen molar-refractivity contribution in [2.24, 2.45) is 5.73 Å². The van der Waals surface area contributed by atoms with Crippen molar-refractivity contribution in [1.82, 2.24) is 9.88 Å². The first-order chi connectivity index (χ1) is 9.15. The van der Waals surface area contributed by atoms with Crippen LogP contribution >= 0.6 is 12.2 Å². The van der Waals surface area contributed by atoms with E-state index in [1.807, 2.05) is 12.1 Å². The van der Waals surface area contributed by atoms with E-state index in [9.17, 15) is 0 Å². The van der Waals surface area contributed by atoms with Crippen LogP contribution in [0.1, 0.15) is 25.3 Å². The molecule has 1 aromatic rings. The van der Waals surface area contributed by atoms with Gasteiger partial charge in [-0.15, -0.1) is 0 Å². The number of hydrogen-bond donors (Lipinski definition) is 1. The van der Waals surface area contributed by atoms with E-state index in [-0.39, 0.29) is 0 Å². The maximum absolute atomic E-state index is 5.71. The number of anilines is 1. The minimum absolute atomic E-state index is 0.441. The topological polar surface area (TPSA) is 45.4 Å². The van der Waals surface area contributed by atoms with Crippen molar-refractivity contribution in [1.29, 1.82) is 0 Å². The Balaban J connectivity index is 1.84. The van der Waals surface area contributed by atoms with Gasteiger partial charge in [0, 0.05) is 36.9 Å². The van der Waals surface area contributed by atoms with Gasteiger partial charge in [0.1, 0.15) is 10.8 Å². The fraction of sp³-hybridized carbons (Fsp3) is 0.571. The van der Waals surface area contributed by atoms with Crippen LogP contribution < -0.4 is 10.6 Å². The molecular formula is C14H20N4S. The van der Waals surface area contributed by atoms with Crippen LogP contribution in [-0.4, -0.2) is 46.6 Å². The third-order valence-corrected chi connectivity index (χ3v) is 4.50. The second-order valence-corrected chi connectivity index (χ2v) is 6.00. The van der Waals surface area contributed by atoms with E-state index in [2.05, 4.69) is 21.7 Å². The molecule has 2 atom stereocenters. The minimum atomic E-state index is 0.441. The lowest BCUT2D eigenvalue weighted by Crippen LogP contribution is -2.55. The zero-order valence-electron chi connectivity index (χ0n) is 11.2. The van der Waals surface area contributed by atoms with Gasteiger partial charge in [0.25, 0.3) is 0 Å². The molecule has 2 fully saturated rings. The zero-order chi connectivity index (χ0) is 13.4. The van der Waals surface area contributed by atoms with Gasteiger partial charge >= 0.3 is 0 Å². The molecule has 0 saturated carbocycles. The first kappa shape index (κ1) is 12.8. The van der Waals surface area contributed by atoms with Gasteiger partial charge in [-0.1, -0.05) is 12.2 Å². The van der Waals surface area contributed by atoms with E-state index < -0.39 is 0 Å². The predicted molar refractivity (Wildman–Crippen MR) is 81.5 cm³/mol. The van der Waals surface area contributed by atoms with Crippen molar-refractivity contribution in [3.63, 3.8) is 0 Å². The molecule has 3 heterocycles. The number of nitrogens with two attached hydrogens (primary N) is 1. The molecule has 0 amide bonds. The SMILES string of the molecule is CC1CN2CCCC2CN1c1cc(C(N)=S)ccn1. The number of pyridine rings is 1. The molecule has 0 aliphatic carbocycles. The second kappa shape index (κ2) is 5.06. The zero-order valence-corrected chi connectivity index (χ0v) is 12.1. The molecule has 1 aromatic heterocycles. The highest BCUT2D eigenvalue weighted by atomic mass is 32.1. The van der Waals surface area contributed by atoms with E-state index >= 15 is 0 Å². The maximum atomic E-state index is 5.71. The molecule has 19 heavy (non-hydrogen) atoms. The van der Waals surface area contributed by atoms with Crippen molar-refractivity contribution < 1.29 is 0 Å². The van der Waals surface area contributed by atoms with Crippen LogP contribution in [0.3, 0.4) is 0 Å². The average Bonchev–Trinajstić information content (AvgIpc) is 2.85. The highest BCUT2D eigenvalue weighted by Crippen LogP contribution is 2.27. The summed E-state index contributed by atoms with van der Waals surface area (Å²) >= 11 is 5.05. The first-order valence-electron chi connectivity index (χ1n) is 6.91. The molecule has 2 aliphatic rings. The Morgan fingerprint density at radius 3 is 3.11 bits per heavy atom. The van der Waals surface area contributed by atoms with Gasteiger partial charge in [-0.05, 0) is 38.4 Å². The Hall–Kier alpha value is -1.20. The number of piperazine rings is 1. The highest BCUT2D eigenvalue weighted by Gasteiger charge is 2.34. The van der Waals surface area contributed by atoms with Gasteiger partial charge in [0.15, 0.2) is 0 Å². The molecule has 2 unspecified atom stereocenters. The van der Waals surface area contributed by atoms with Gasteiger partial charge in [-0.3, -0.25) is 4.90 Å². The summed E-state index contributed by atoms with van der Waals surface area (Å²) < 4.78 is 0. The highest BCUT2D eigenvalue weighted by molar-refractivity contribution is 7.80. The molecule has 0 radical (unpaired) electrons. The Morgan fingerprint density at radius 1 is 1.47 bits per heavy atom. The van der Waals surface area contributed by atoms with Crippen LogP contribution in [0.5, 0.6) is 0 Å². The molecule has 0 aromatic carbocycles. The van der Waals surface area contributed by atoms with Crippen molar-refractivity contribution in [3.8, 4) is 0 Å². The summed E-state index contributed by atoms with van der Waals surface area (Å²) in [6, 6.07) is 5.07. The Kier molecular flexibility index (Phi) is 3.41. The second-order valence-electron chi connectivity index (χ2n) is 5.56. The number of aromatic nitrogens is 1. The monoisotopic (exact) mass is 276 g/mol. The molecule has 0 bridgehead atoms. The number of nitrogens with zero attached hydrogens (tertiary/aromatic N) is 3. The van der Waals surface area contributed by atoms with Gasteiger partial charge in [0.2, 0.25) is 0 Å². The third kappa shape index (κ3) is 2.44. The maximum Gasteiger partial charge on any atom is 0.129 e. The summed E-state index contributed by atoms with van der Waals surface area (Å²) in [6.45, 7) is 5.71. The van der Waals surface area contributed by atoms with E-state index in [0.717, 1.165) is 24.5 Å². The molecular weight excluding hydrogens is 256 g/mol. The summed E-state index contributed by atoms with van der Waals surface area (Å²) in [6.07, 6.45) is 4.43. The molecule has 2 saturated heterocycles. The third-order valence-electron chi connectivity index (χ3n) is 4.26. The summed E-state index contributed by atoms with van der Waals surface area (Å²) in [5, 5.41) is 0.